The van der Waals surface area contributed by atoms with Crippen molar-refractivity contribution in [2.24, 2.45) is 0 Å². The Morgan fingerprint density at radius 2 is 2.00 bits per heavy atom. The van der Waals surface area contributed by atoms with Crippen molar-refractivity contribution in [1.29, 1.82) is 0 Å². The average molecular weight is 224 g/mol. The van der Waals surface area contributed by atoms with Gasteiger partial charge in [-0.3, -0.25) is 0 Å². The van der Waals surface area contributed by atoms with Crippen molar-refractivity contribution in [3.63, 3.8) is 0 Å². The smallest absolute Gasteiger partial charge is 0.253 e. The Morgan fingerprint density at radius 1 is 1.36 bits per heavy atom. The van der Waals surface area contributed by atoms with Gasteiger partial charge in [-0.2, -0.15) is 11.8 Å². The summed E-state index contributed by atoms with van der Waals surface area (Å²) >= 11 is 1.96. The van der Waals surface area contributed by atoms with Crippen LogP contribution in [0.4, 0.5) is 8.78 Å². The fourth-order valence-corrected chi connectivity index (χ4v) is 2.34. The lowest BCUT2D eigenvalue weighted by atomic mass is 10.3. The Labute approximate surface area is 88.4 Å². The van der Waals surface area contributed by atoms with E-state index in [1.54, 1.807) is 0 Å². The van der Waals surface area contributed by atoms with Gasteiger partial charge in [-0.05, 0) is 6.92 Å². The van der Waals surface area contributed by atoms with E-state index >= 15 is 0 Å². The van der Waals surface area contributed by atoms with Crippen molar-refractivity contribution in [1.82, 2.24) is 10.2 Å². The van der Waals surface area contributed by atoms with Gasteiger partial charge in [-0.25, -0.2) is 8.78 Å². The number of nitrogens with zero attached hydrogens (tertiary/aromatic N) is 1. The highest BCUT2D eigenvalue weighted by Crippen LogP contribution is 2.08. The van der Waals surface area contributed by atoms with E-state index in [9.17, 15) is 8.78 Å². The SMILES string of the molecule is CC(NCCN1CCSCC1)C(F)F. The minimum absolute atomic E-state index is 0.663. The average Bonchev–Trinajstić information content (AvgIpc) is 2.19. The van der Waals surface area contributed by atoms with Crippen molar-refractivity contribution in [2.75, 3.05) is 37.7 Å². The molecule has 0 aromatic heterocycles. The summed E-state index contributed by atoms with van der Waals surface area (Å²) in [7, 11) is 0. The number of alkyl halides is 2. The summed E-state index contributed by atoms with van der Waals surface area (Å²) in [6.07, 6.45) is -2.26. The molecule has 1 aliphatic heterocycles. The minimum Gasteiger partial charge on any atom is -0.308 e. The summed E-state index contributed by atoms with van der Waals surface area (Å²) in [6, 6.07) is -0.686. The van der Waals surface area contributed by atoms with E-state index in [-0.39, 0.29) is 0 Å². The van der Waals surface area contributed by atoms with Gasteiger partial charge in [0.2, 0.25) is 0 Å². The second kappa shape index (κ2) is 6.58. The summed E-state index contributed by atoms with van der Waals surface area (Å²) in [5, 5.41) is 2.83. The molecule has 1 aliphatic rings. The van der Waals surface area contributed by atoms with E-state index in [2.05, 4.69) is 10.2 Å². The Balaban J connectivity index is 2.02. The van der Waals surface area contributed by atoms with Gasteiger partial charge in [0.15, 0.2) is 0 Å². The molecule has 1 atom stereocenters. The molecule has 1 heterocycles. The highest BCUT2D eigenvalue weighted by atomic mass is 32.2. The molecule has 0 radical (unpaired) electrons. The first-order chi connectivity index (χ1) is 6.70. The predicted octanol–water partition coefficient (Wildman–Crippen LogP) is 1.28. The van der Waals surface area contributed by atoms with Crippen LogP contribution in [0, 0.1) is 0 Å². The molecule has 0 spiro atoms. The molecule has 1 fully saturated rings. The molecule has 2 nitrogen and oxygen atoms in total. The van der Waals surface area contributed by atoms with Crippen LogP contribution in [-0.2, 0) is 0 Å². The molecule has 0 amide bonds. The van der Waals surface area contributed by atoms with E-state index < -0.39 is 12.5 Å². The summed E-state index contributed by atoms with van der Waals surface area (Å²) in [5.41, 5.74) is 0. The lowest BCUT2D eigenvalue weighted by Gasteiger charge is -2.26. The lowest BCUT2D eigenvalue weighted by Crippen LogP contribution is -2.41. The first kappa shape index (κ1) is 12.2. The molecule has 1 unspecified atom stereocenters. The summed E-state index contributed by atoms with van der Waals surface area (Å²) in [6.45, 7) is 5.26. The van der Waals surface area contributed by atoms with Gasteiger partial charge in [-0.1, -0.05) is 0 Å². The van der Waals surface area contributed by atoms with Gasteiger partial charge in [0, 0.05) is 37.7 Å². The van der Waals surface area contributed by atoms with Crippen molar-refractivity contribution >= 4 is 11.8 Å². The molecular formula is C9H18F2N2S. The van der Waals surface area contributed by atoms with Crippen LogP contribution in [0.2, 0.25) is 0 Å². The first-order valence-electron chi connectivity index (χ1n) is 5.02. The largest absolute Gasteiger partial charge is 0.308 e. The van der Waals surface area contributed by atoms with Crippen LogP contribution in [0.3, 0.4) is 0 Å². The van der Waals surface area contributed by atoms with Crippen LogP contribution in [-0.4, -0.2) is 55.1 Å². The third-order valence-electron chi connectivity index (χ3n) is 2.38. The Kier molecular flexibility index (Phi) is 5.74. The summed E-state index contributed by atoms with van der Waals surface area (Å²) in [5.74, 6) is 2.34. The van der Waals surface area contributed by atoms with Crippen LogP contribution < -0.4 is 5.32 Å². The van der Waals surface area contributed by atoms with Crippen LogP contribution in [0.25, 0.3) is 0 Å². The molecule has 0 aromatic carbocycles. The molecule has 0 saturated carbocycles. The number of hydrogen-bond acceptors (Lipinski definition) is 3. The molecule has 0 aliphatic carbocycles. The topological polar surface area (TPSA) is 15.3 Å². The van der Waals surface area contributed by atoms with Crippen LogP contribution in [0.5, 0.6) is 0 Å². The van der Waals surface area contributed by atoms with Crippen LogP contribution >= 0.6 is 11.8 Å². The van der Waals surface area contributed by atoms with Crippen molar-refractivity contribution < 1.29 is 8.78 Å². The number of halogens is 2. The molecule has 5 heteroatoms. The Bertz CT molecular complexity index is 152. The van der Waals surface area contributed by atoms with Crippen molar-refractivity contribution in [3.05, 3.63) is 0 Å². The highest BCUT2D eigenvalue weighted by Gasteiger charge is 2.14. The number of hydrogen-bond donors (Lipinski definition) is 1. The molecule has 14 heavy (non-hydrogen) atoms. The third-order valence-corrected chi connectivity index (χ3v) is 3.32. The standard InChI is InChI=1S/C9H18F2N2S/c1-8(9(10)11)12-2-3-13-4-6-14-7-5-13/h8-9,12H,2-7H2,1H3. The van der Waals surface area contributed by atoms with Crippen molar-refractivity contribution in [2.45, 2.75) is 19.4 Å². The van der Waals surface area contributed by atoms with E-state index in [1.165, 1.54) is 18.4 Å². The number of thioether (sulfide) groups is 1. The quantitative estimate of drug-likeness (QED) is 0.757. The second-order valence-corrected chi connectivity index (χ2v) is 4.76. The highest BCUT2D eigenvalue weighted by molar-refractivity contribution is 7.99. The van der Waals surface area contributed by atoms with E-state index in [4.69, 9.17) is 0 Å². The zero-order valence-corrected chi connectivity index (χ0v) is 9.33. The maximum Gasteiger partial charge on any atom is 0.253 e. The molecule has 1 N–H and O–H groups in total. The molecule has 1 saturated heterocycles. The van der Waals surface area contributed by atoms with Gasteiger partial charge in [0.25, 0.3) is 6.43 Å². The molecule has 0 bridgehead atoms. The normalized spacial score (nSPS) is 21.4. The van der Waals surface area contributed by atoms with E-state index in [1.807, 2.05) is 11.8 Å². The summed E-state index contributed by atoms with van der Waals surface area (Å²) in [4.78, 5) is 2.32. The first-order valence-corrected chi connectivity index (χ1v) is 6.17. The third kappa shape index (κ3) is 4.57. The monoisotopic (exact) mass is 224 g/mol. The minimum atomic E-state index is -2.26. The van der Waals surface area contributed by atoms with Crippen LogP contribution in [0.15, 0.2) is 0 Å². The Hall–Kier alpha value is 0.130. The zero-order valence-electron chi connectivity index (χ0n) is 8.51. The van der Waals surface area contributed by atoms with E-state index in [0.29, 0.717) is 6.54 Å². The lowest BCUT2D eigenvalue weighted by molar-refractivity contribution is 0.104. The maximum absolute atomic E-state index is 12.1. The van der Waals surface area contributed by atoms with Gasteiger partial charge in [-0.15, -0.1) is 0 Å². The fraction of sp³-hybridized carbons (Fsp3) is 1.00. The summed E-state index contributed by atoms with van der Waals surface area (Å²) < 4.78 is 24.2. The predicted molar refractivity (Wildman–Crippen MR) is 57.2 cm³/mol. The van der Waals surface area contributed by atoms with Crippen molar-refractivity contribution in [3.8, 4) is 0 Å². The zero-order chi connectivity index (χ0) is 10.4. The molecular weight excluding hydrogens is 206 g/mol. The van der Waals surface area contributed by atoms with E-state index in [0.717, 1.165) is 19.6 Å². The number of nitrogens with one attached hydrogen (secondary N) is 1. The van der Waals surface area contributed by atoms with Gasteiger partial charge in [0.1, 0.15) is 0 Å². The maximum atomic E-state index is 12.1. The second-order valence-electron chi connectivity index (χ2n) is 3.53. The fourth-order valence-electron chi connectivity index (χ4n) is 1.36. The molecule has 0 aromatic rings. The van der Waals surface area contributed by atoms with Crippen LogP contribution in [0.1, 0.15) is 6.92 Å². The van der Waals surface area contributed by atoms with Gasteiger partial charge in [0.05, 0.1) is 6.04 Å². The van der Waals surface area contributed by atoms with Gasteiger partial charge >= 0.3 is 0 Å². The molecule has 84 valence electrons. The van der Waals surface area contributed by atoms with Gasteiger partial charge < -0.3 is 10.2 Å². The Morgan fingerprint density at radius 3 is 2.57 bits per heavy atom. The number of rotatable bonds is 5. The molecule has 1 rings (SSSR count).